The first kappa shape index (κ1) is 15.4. The highest BCUT2D eigenvalue weighted by atomic mass is 16.6. The van der Waals surface area contributed by atoms with Crippen molar-refractivity contribution in [1.82, 2.24) is 9.97 Å². The fourth-order valence-corrected chi connectivity index (χ4v) is 2.96. The van der Waals surface area contributed by atoms with Gasteiger partial charge in [0.15, 0.2) is 0 Å². The number of hydrogen-bond donors (Lipinski definition) is 3. The van der Waals surface area contributed by atoms with E-state index in [-0.39, 0.29) is 17.5 Å². The zero-order valence-corrected chi connectivity index (χ0v) is 12.4. The molecule has 2 unspecified atom stereocenters. The van der Waals surface area contributed by atoms with Crippen molar-refractivity contribution in [2.24, 2.45) is 17.7 Å². The molecule has 0 radical (unpaired) electrons. The molecule has 116 valence electrons. The van der Waals surface area contributed by atoms with Crippen LogP contribution in [0.2, 0.25) is 0 Å². The summed E-state index contributed by atoms with van der Waals surface area (Å²) < 4.78 is 0. The minimum absolute atomic E-state index is 0.0853. The van der Waals surface area contributed by atoms with Gasteiger partial charge in [0.25, 0.3) is 0 Å². The highest BCUT2D eigenvalue weighted by Crippen LogP contribution is 2.30. The van der Waals surface area contributed by atoms with Crippen molar-refractivity contribution in [3.05, 3.63) is 15.8 Å². The average Bonchev–Trinajstić information content (AvgIpc) is 2.44. The van der Waals surface area contributed by atoms with Crippen LogP contribution in [0, 0.1) is 28.9 Å². The Bertz CT molecular complexity index is 522. The van der Waals surface area contributed by atoms with Crippen LogP contribution >= 0.6 is 0 Å². The molecule has 0 amide bonds. The lowest BCUT2D eigenvalue weighted by Gasteiger charge is -2.26. The fraction of sp³-hybridized carbons (Fsp3) is 0.692. The summed E-state index contributed by atoms with van der Waals surface area (Å²) in [7, 11) is 0. The fourth-order valence-electron chi connectivity index (χ4n) is 2.96. The van der Waals surface area contributed by atoms with Crippen LogP contribution in [0.25, 0.3) is 0 Å². The van der Waals surface area contributed by atoms with E-state index in [1.165, 1.54) is 12.8 Å². The molecule has 2 rings (SSSR count). The third-order valence-corrected chi connectivity index (χ3v) is 3.97. The normalized spacial score (nSPS) is 21.9. The van der Waals surface area contributed by atoms with Crippen LogP contribution in [0.5, 0.6) is 0 Å². The number of hydrogen-bond acceptors (Lipinski definition) is 7. The minimum Gasteiger partial charge on any atom is -0.364 e. The Morgan fingerprint density at radius 1 is 1.43 bits per heavy atom. The van der Waals surface area contributed by atoms with Gasteiger partial charge in [-0.25, -0.2) is 10.8 Å². The SMILES string of the molecule is Cc1nc(NN)nc(NCC2CCCC(C)C2)c1[N+](=O)[O-]. The molecule has 0 spiro atoms. The van der Waals surface area contributed by atoms with Crippen molar-refractivity contribution in [3.63, 3.8) is 0 Å². The molecule has 21 heavy (non-hydrogen) atoms. The van der Waals surface area contributed by atoms with Gasteiger partial charge in [-0.15, -0.1) is 0 Å². The van der Waals surface area contributed by atoms with Gasteiger partial charge in [-0.3, -0.25) is 15.5 Å². The second-order valence-electron chi connectivity index (χ2n) is 5.75. The van der Waals surface area contributed by atoms with Crippen LogP contribution in [0.15, 0.2) is 0 Å². The number of anilines is 2. The van der Waals surface area contributed by atoms with Gasteiger partial charge in [0.1, 0.15) is 5.69 Å². The van der Waals surface area contributed by atoms with Gasteiger partial charge in [-0.1, -0.05) is 19.8 Å². The number of aryl methyl sites for hydroxylation is 1. The standard InChI is InChI=1S/C13H22N6O2/c1-8-4-3-5-10(6-8)7-15-12-11(19(20)21)9(2)16-13(17-12)18-14/h8,10H,3-7,14H2,1-2H3,(H2,15,16,17,18). The van der Waals surface area contributed by atoms with Crippen LogP contribution in [-0.4, -0.2) is 21.4 Å². The van der Waals surface area contributed by atoms with Crippen LogP contribution in [-0.2, 0) is 0 Å². The van der Waals surface area contributed by atoms with E-state index in [2.05, 4.69) is 27.6 Å². The largest absolute Gasteiger partial charge is 0.364 e. The molecule has 0 bridgehead atoms. The smallest absolute Gasteiger partial charge is 0.332 e. The van der Waals surface area contributed by atoms with E-state index in [4.69, 9.17) is 5.84 Å². The molecule has 4 N–H and O–H groups in total. The summed E-state index contributed by atoms with van der Waals surface area (Å²) in [5, 5.41) is 14.3. The monoisotopic (exact) mass is 294 g/mol. The minimum atomic E-state index is -0.457. The first-order chi connectivity index (χ1) is 10.0. The molecule has 1 aromatic heterocycles. The molecule has 2 atom stereocenters. The molecule has 1 fully saturated rings. The van der Waals surface area contributed by atoms with Crippen LogP contribution in [0.1, 0.15) is 38.3 Å². The maximum atomic E-state index is 11.2. The Morgan fingerprint density at radius 3 is 2.81 bits per heavy atom. The van der Waals surface area contributed by atoms with Gasteiger partial charge in [0.05, 0.1) is 4.92 Å². The first-order valence-electron chi connectivity index (χ1n) is 7.24. The van der Waals surface area contributed by atoms with Crippen molar-refractivity contribution >= 4 is 17.5 Å². The number of nitrogens with one attached hydrogen (secondary N) is 2. The lowest BCUT2D eigenvalue weighted by Crippen LogP contribution is -2.22. The van der Waals surface area contributed by atoms with E-state index >= 15 is 0 Å². The highest BCUT2D eigenvalue weighted by Gasteiger charge is 2.24. The summed E-state index contributed by atoms with van der Waals surface area (Å²) in [6, 6.07) is 0. The highest BCUT2D eigenvalue weighted by molar-refractivity contribution is 5.60. The zero-order valence-electron chi connectivity index (χ0n) is 12.4. The van der Waals surface area contributed by atoms with E-state index in [0.29, 0.717) is 24.1 Å². The molecule has 1 aliphatic rings. The van der Waals surface area contributed by atoms with Crippen molar-refractivity contribution < 1.29 is 4.92 Å². The van der Waals surface area contributed by atoms with Crippen molar-refractivity contribution in [3.8, 4) is 0 Å². The van der Waals surface area contributed by atoms with E-state index < -0.39 is 4.92 Å². The lowest BCUT2D eigenvalue weighted by atomic mass is 9.82. The summed E-state index contributed by atoms with van der Waals surface area (Å²) in [4.78, 5) is 18.8. The van der Waals surface area contributed by atoms with Gasteiger partial charge in [-0.05, 0) is 31.6 Å². The molecule has 8 nitrogen and oxygen atoms in total. The van der Waals surface area contributed by atoms with Gasteiger partial charge < -0.3 is 5.32 Å². The lowest BCUT2D eigenvalue weighted by molar-refractivity contribution is -0.385. The van der Waals surface area contributed by atoms with Crippen molar-refractivity contribution in [2.45, 2.75) is 39.5 Å². The Labute approximate surface area is 123 Å². The molecular formula is C13H22N6O2. The Morgan fingerprint density at radius 2 is 2.19 bits per heavy atom. The van der Waals surface area contributed by atoms with Gasteiger partial charge >= 0.3 is 5.69 Å². The second-order valence-corrected chi connectivity index (χ2v) is 5.75. The van der Waals surface area contributed by atoms with Crippen LogP contribution in [0.4, 0.5) is 17.5 Å². The van der Waals surface area contributed by atoms with E-state index in [0.717, 1.165) is 12.8 Å². The number of nitrogens with two attached hydrogens (primary N) is 1. The predicted molar refractivity (Wildman–Crippen MR) is 80.8 cm³/mol. The molecule has 0 aromatic carbocycles. The maximum absolute atomic E-state index is 11.2. The summed E-state index contributed by atoms with van der Waals surface area (Å²) in [5.74, 6) is 6.95. The van der Waals surface area contributed by atoms with Crippen LogP contribution < -0.4 is 16.6 Å². The summed E-state index contributed by atoms with van der Waals surface area (Å²) in [6.45, 7) is 4.51. The number of nitrogen functional groups attached to an aromatic ring is 1. The number of aromatic nitrogens is 2. The quantitative estimate of drug-likeness (QED) is 0.432. The predicted octanol–water partition coefficient (Wildman–Crippen LogP) is 2.22. The van der Waals surface area contributed by atoms with Gasteiger partial charge in [0, 0.05) is 6.54 Å². The molecule has 0 saturated heterocycles. The number of hydrazine groups is 1. The summed E-state index contributed by atoms with van der Waals surface area (Å²) in [5.41, 5.74) is 2.54. The summed E-state index contributed by atoms with van der Waals surface area (Å²) >= 11 is 0. The topological polar surface area (TPSA) is 119 Å². The third-order valence-electron chi connectivity index (χ3n) is 3.97. The third kappa shape index (κ3) is 3.78. The molecule has 1 saturated carbocycles. The number of nitrogens with zero attached hydrogens (tertiary/aromatic N) is 3. The Hall–Kier alpha value is -1.96. The molecule has 1 aromatic rings. The Balaban J connectivity index is 2.14. The van der Waals surface area contributed by atoms with Gasteiger partial charge in [0.2, 0.25) is 11.8 Å². The van der Waals surface area contributed by atoms with Crippen molar-refractivity contribution in [1.29, 1.82) is 0 Å². The molecular weight excluding hydrogens is 272 g/mol. The van der Waals surface area contributed by atoms with Crippen LogP contribution in [0.3, 0.4) is 0 Å². The number of rotatable bonds is 5. The first-order valence-corrected chi connectivity index (χ1v) is 7.24. The van der Waals surface area contributed by atoms with Gasteiger partial charge in [-0.2, -0.15) is 4.98 Å². The molecule has 1 aliphatic carbocycles. The molecule has 0 aliphatic heterocycles. The van der Waals surface area contributed by atoms with E-state index in [9.17, 15) is 10.1 Å². The van der Waals surface area contributed by atoms with E-state index in [1.807, 2.05) is 0 Å². The van der Waals surface area contributed by atoms with E-state index in [1.54, 1.807) is 6.92 Å². The van der Waals surface area contributed by atoms with Crippen molar-refractivity contribution in [2.75, 3.05) is 17.3 Å². The second kappa shape index (κ2) is 6.66. The summed E-state index contributed by atoms with van der Waals surface area (Å²) in [6.07, 6.45) is 4.78. The number of nitro groups is 1. The average molecular weight is 294 g/mol. The molecule has 1 heterocycles. The Kier molecular flexibility index (Phi) is 4.89. The zero-order chi connectivity index (χ0) is 15.4. The molecule has 8 heteroatoms. The maximum Gasteiger partial charge on any atom is 0.332 e.